The largest absolute Gasteiger partial charge is 0.494 e. The van der Waals surface area contributed by atoms with Gasteiger partial charge in [-0.3, -0.25) is 4.79 Å². The lowest BCUT2D eigenvalue weighted by atomic mass is 10.2. The second-order valence-electron chi connectivity index (χ2n) is 5.77. The second kappa shape index (κ2) is 6.40. The second-order valence-corrected chi connectivity index (χ2v) is 5.77. The van der Waals surface area contributed by atoms with Crippen LogP contribution in [0.2, 0.25) is 0 Å². The molecule has 1 aromatic heterocycles. The SMILES string of the molecule is COc1ccc(C(=O)NCCc2ncc(C)n2C2CC2)cc1F. The number of imidazole rings is 1. The fraction of sp³-hybridized carbons (Fsp3) is 0.412. The molecule has 0 bridgehead atoms. The summed E-state index contributed by atoms with van der Waals surface area (Å²) in [6.07, 6.45) is 4.92. The zero-order valence-electron chi connectivity index (χ0n) is 13.3. The number of halogens is 1. The maximum absolute atomic E-state index is 13.6. The summed E-state index contributed by atoms with van der Waals surface area (Å²) < 4.78 is 20.7. The summed E-state index contributed by atoms with van der Waals surface area (Å²) in [5, 5.41) is 2.81. The number of hydrogen-bond donors (Lipinski definition) is 1. The Morgan fingerprint density at radius 2 is 2.26 bits per heavy atom. The Morgan fingerprint density at radius 1 is 1.48 bits per heavy atom. The van der Waals surface area contributed by atoms with Crippen LogP contribution >= 0.6 is 0 Å². The van der Waals surface area contributed by atoms with Crippen molar-refractivity contribution >= 4 is 5.91 Å². The van der Waals surface area contributed by atoms with Gasteiger partial charge in [0.2, 0.25) is 0 Å². The lowest BCUT2D eigenvalue weighted by molar-refractivity contribution is 0.0953. The van der Waals surface area contributed by atoms with Gasteiger partial charge in [-0.1, -0.05) is 0 Å². The molecule has 1 saturated carbocycles. The molecule has 0 saturated heterocycles. The van der Waals surface area contributed by atoms with Crippen molar-refractivity contribution in [3.05, 3.63) is 47.3 Å². The fourth-order valence-corrected chi connectivity index (χ4v) is 2.71. The summed E-state index contributed by atoms with van der Waals surface area (Å²) in [7, 11) is 1.39. The Balaban J connectivity index is 1.58. The lowest BCUT2D eigenvalue weighted by Crippen LogP contribution is -2.26. The Morgan fingerprint density at radius 3 is 2.91 bits per heavy atom. The van der Waals surface area contributed by atoms with E-state index in [2.05, 4.69) is 14.9 Å². The van der Waals surface area contributed by atoms with E-state index in [1.54, 1.807) is 6.07 Å². The van der Waals surface area contributed by atoms with E-state index in [0.717, 1.165) is 11.5 Å². The number of aryl methyl sites for hydroxylation is 1. The smallest absolute Gasteiger partial charge is 0.251 e. The van der Waals surface area contributed by atoms with Crippen LogP contribution in [0.1, 0.15) is 40.8 Å². The molecule has 0 radical (unpaired) electrons. The average Bonchev–Trinajstić information content (AvgIpc) is 3.31. The number of nitrogens with zero attached hydrogens (tertiary/aromatic N) is 2. The molecule has 1 fully saturated rings. The molecule has 23 heavy (non-hydrogen) atoms. The van der Waals surface area contributed by atoms with Crippen molar-refractivity contribution in [1.82, 2.24) is 14.9 Å². The standard InChI is InChI=1S/C17H20FN3O2/c1-11-10-20-16(21(11)13-4-5-13)7-8-19-17(22)12-3-6-15(23-2)14(18)9-12/h3,6,9-10,13H,4-5,7-8H2,1-2H3,(H,19,22). The van der Waals surface area contributed by atoms with E-state index < -0.39 is 5.82 Å². The van der Waals surface area contributed by atoms with Crippen molar-refractivity contribution in [2.45, 2.75) is 32.2 Å². The molecule has 5 nitrogen and oxygen atoms in total. The number of carbonyl (C=O) groups is 1. The number of amides is 1. The predicted octanol–water partition coefficient (Wildman–Crippen LogP) is 2.65. The molecular weight excluding hydrogens is 297 g/mol. The van der Waals surface area contributed by atoms with Gasteiger partial charge in [0.05, 0.1) is 7.11 Å². The van der Waals surface area contributed by atoms with Crippen molar-refractivity contribution in [2.75, 3.05) is 13.7 Å². The van der Waals surface area contributed by atoms with Gasteiger partial charge in [0.1, 0.15) is 5.82 Å². The molecular formula is C17H20FN3O2. The Bertz CT molecular complexity index is 723. The van der Waals surface area contributed by atoms with Crippen molar-refractivity contribution in [3.63, 3.8) is 0 Å². The van der Waals surface area contributed by atoms with Gasteiger partial charge in [-0.2, -0.15) is 0 Å². The zero-order chi connectivity index (χ0) is 16.4. The van der Waals surface area contributed by atoms with Gasteiger partial charge in [-0.25, -0.2) is 9.37 Å². The Kier molecular flexibility index (Phi) is 4.32. The van der Waals surface area contributed by atoms with E-state index in [1.165, 1.54) is 32.1 Å². The van der Waals surface area contributed by atoms with Gasteiger partial charge in [0.15, 0.2) is 11.6 Å². The van der Waals surface area contributed by atoms with Crippen LogP contribution in [-0.2, 0) is 6.42 Å². The molecule has 0 unspecified atom stereocenters. The molecule has 1 aliphatic carbocycles. The van der Waals surface area contributed by atoms with E-state index in [1.807, 2.05) is 13.1 Å². The van der Waals surface area contributed by atoms with E-state index >= 15 is 0 Å². The van der Waals surface area contributed by atoms with Crippen LogP contribution in [-0.4, -0.2) is 29.1 Å². The van der Waals surface area contributed by atoms with Gasteiger partial charge in [-0.05, 0) is 38.0 Å². The number of hydrogen-bond acceptors (Lipinski definition) is 3. The van der Waals surface area contributed by atoms with Crippen molar-refractivity contribution in [2.24, 2.45) is 0 Å². The number of methoxy groups -OCH3 is 1. The molecule has 1 aliphatic rings. The van der Waals surface area contributed by atoms with E-state index in [4.69, 9.17) is 4.74 Å². The highest BCUT2D eigenvalue weighted by atomic mass is 19.1. The van der Waals surface area contributed by atoms with Gasteiger partial charge >= 0.3 is 0 Å². The quantitative estimate of drug-likeness (QED) is 0.891. The van der Waals surface area contributed by atoms with Gasteiger partial charge in [-0.15, -0.1) is 0 Å². The summed E-state index contributed by atoms with van der Waals surface area (Å²) in [6.45, 7) is 2.52. The highest BCUT2D eigenvalue weighted by Gasteiger charge is 2.27. The van der Waals surface area contributed by atoms with Gasteiger partial charge in [0.25, 0.3) is 5.91 Å². The van der Waals surface area contributed by atoms with Crippen LogP contribution in [0.15, 0.2) is 24.4 Å². The third-order valence-corrected chi connectivity index (χ3v) is 4.02. The van der Waals surface area contributed by atoms with Crippen LogP contribution in [0.4, 0.5) is 4.39 Å². The van der Waals surface area contributed by atoms with Gasteiger partial charge in [0, 0.05) is 36.5 Å². The van der Waals surface area contributed by atoms with Crippen molar-refractivity contribution < 1.29 is 13.9 Å². The minimum Gasteiger partial charge on any atom is -0.494 e. The maximum atomic E-state index is 13.6. The van der Waals surface area contributed by atoms with Crippen molar-refractivity contribution in [3.8, 4) is 5.75 Å². The van der Waals surface area contributed by atoms with Crippen LogP contribution in [0.5, 0.6) is 5.75 Å². The first-order chi connectivity index (χ1) is 11.1. The predicted molar refractivity (Wildman–Crippen MR) is 84.2 cm³/mol. The maximum Gasteiger partial charge on any atom is 0.251 e. The van der Waals surface area contributed by atoms with Crippen LogP contribution in [0.25, 0.3) is 0 Å². The minimum absolute atomic E-state index is 0.128. The highest BCUT2D eigenvalue weighted by Crippen LogP contribution is 2.36. The number of aromatic nitrogens is 2. The highest BCUT2D eigenvalue weighted by molar-refractivity contribution is 5.94. The summed E-state index contributed by atoms with van der Waals surface area (Å²) in [5.41, 5.74) is 1.44. The molecule has 1 aromatic carbocycles. The number of rotatable bonds is 6. The number of nitrogens with one attached hydrogen (secondary N) is 1. The molecule has 6 heteroatoms. The topological polar surface area (TPSA) is 56.1 Å². The molecule has 0 spiro atoms. The molecule has 0 aliphatic heterocycles. The molecule has 1 amide bonds. The fourth-order valence-electron chi connectivity index (χ4n) is 2.71. The first-order valence-electron chi connectivity index (χ1n) is 7.74. The average molecular weight is 317 g/mol. The Labute approximate surface area is 134 Å². The summed E-state index contributed by atoms with van der Waals surface area (Å²) in [5.74, 6) is 0.280. The molecule has 122 valence electrons. The molecule has 1 N–H and O–H groups in total. The first kappa shape index (κ1) is 15.5. The molecule has 1 heterocycles. The summed E-state index contributed by atoms with van der Waals surface area (Å²) in [4.78, 5) is 16.5. The third-order valence-electron chi connectivity index (χ3n) is 4.02. The van der Waals surface area contributed by atoms with Crippen molar-refractivity contribution in [1.29, 1.82) is 0 Å². The monoisotopic (exact) mass is 317 g/mol. The summed E-state index contributed by atoms with van der Waals surface area (Å²) in [6, 6.07) is 4.75. The van der Waals surface area contributed by atoms with Crippen LogP contribution in [0.3, 0.4) is 0 Å². The number of carbonyl (C=O) groups excluding carboxylic acids is 1. The summed E-state index contributed by atoms with van der Waals surface area (Å²) >= 11 is 0. The first-order valence-corrected chi connectivity index (χ1v) is 7.74. The molecule has 0 atom stereocenters. The molecule has 3 rings (SSSR count). The van der Waals surface area contributed by atoms with Gasteiger partial charge < -0.3 is 14.6 Å². The number of ether oxygens (including phenoxy) is 1. The zero-order valence-corrected chi connectivity index (χ0v) is 13.3. The third kappa shape index (κ3) is 3.36. The van der Waals surface area contributed by atoms with Crippen LogP contribution < -0.4 is 10.1 Å². The minimum atomic E-state index is -0.542. The van der Waals surface area contributed by atoms with Crippen LogP contribution in [0, 0.1) is 12.7 Å². The number of benzene rings is 1. The lowest BCUT2D eigenvalue weighted by Gasteiger charge is -2.10. The van der Waals surface area contributed by atoms with E-state index in [0.29, 0.717) is 19.0 Å². The Hall–Kier alpha value is -2.37. The van der Waals surface area contributed by atoms with E-state index in [-0.39, 0.29) is 17.2 Å². The normalized spacial score (nSPS) is 13.9. The van der Waals surface area contributed by atoms with E-state index in [9.17, 15) is 9.18 Å². The molecule has 2 aromatic rings.